The van der Waals surface area contributed by atoms with Gasteiger partial charge in [-0.3, -0.25) is 0 Å². The molecular weight excluding hydrogens is 1230 g/mol. The maximum Gasteiger partial charge on any atom is 0.252 e. The Bertz CT molecular complexity index is 5780. The Hall–Kier alpha value is -11.9. The first-order chi connectivity index (χ1) is 49.5. The summed E-state index contributed by atoms with van der Waals surface area (Å²) in [7, 11) is 0. The molecule has 492 valence electrons. The lowest BCUT2D eigenvalue weighted by molar-refractivity contribution is 0.590. The average Bonchev–Trinajstić information content (AvgIpc) is 0.855. The molecule has 0 aliphatic carbocycles. The highest BCUT2D eigenvalue weighted by Gasteiger charge is 2.46. The van der Waals surface area contributed by atoms with Gasteiger partial charge >= 0.3 is 0 Å². The molecule has 0 saturated carbocycles. The standard InChI is InChI=1S/C96H80BN5/c1-94(2,3)66-46-55-87(78(56-66)63-30-14-10-15-31-63)101-88-61-72(98(69-36-20-13-21-37-69)70-47-49-71(50-48-70)99-83-42-26-22-38-74(83)75-39-23-27-43-84(75)99)51-53-81(88)97-82-54-52-73(100-85-44-28-24-40-76(85)77-41-25-29-45-86(77)100)62-89(82)102(91-60-68(96(7,8)9)59-90(101)92(91)97)93-79(64-32-16-11-17-33-64)57-67(95(4,5)6)58-80(93)65-34-18-12-19-35-65/h10-62H,1-9H3. The van der Waals surface area contributed by atoms with E-state index in [9.17, 15) is 0 Å². The Morgan fingerprint density at radius 2 is 0.637 bits per heavy atom. The third kappa shape index (κ3) is 10.3. The Kier molecular flexibility index (Phi) is 14.6. The third-order valence-electron chi connectivity index (χ3n) is 21.5. The number of anilines is 9. The molecule has 0 saturated heterocycles. The average molecular weight is 1310 g/mol. The molecule has 0 atom stereocenters. The molecule has 2 aromatic heterocycles. The van der Waals surface area contributed by atoms with Crippen molar-refractivity contribution in [2.45, 2.75) is 78.6 Å². The number of benzene rings is 14. The van der Waals surface area contributed by atoms with Gasteiger partial charge in [0.25, 0.3) is 6.71 Å². The van der Waals surface area contributed by atoms with Crippen LogP contribution >= 0.6 is 0 Å². The normalized spacial score (nSPS) is 12.9. The first-order valence-corrected chi connectivity index (χ1v) is 36.0. The highest BCUT2D eigenvalue weighted by molar-refractivity contribution is 7.00. The predicted molar refractivity (Wildman–Crippen MR) is 436 cm³/mol. The smallest absolute Gasteiger partial charge is 0.252 e. The lowest BCUT2D eigenvalue weighted by Crippen LogP contribution is -2.61. The maximum absolute atomic E-state index is 2.72. The Labute approximate surface area is 599 Å². The summed E-state index contributed by atoms with van der Waals surface area (Å²) < 4.78 is 4.91. The number of hydrogen-bond acceptors (Lipinski definition) is 3. The summed E-state index contributed by atoms with van der Waals surface area (Å²) in [5.41, 5.74) is 30.8. The van der Waals surface area contributed by atoms with Gasteiger partial charge in [-0.15, -0.1) is 0 Å². The van der Waals surface area contributed by atoms with Crippen molar-refractivity contribution >= 4 is 118 Å². The van der Waals surface area contributed by atoms with Crippen molar-refractivity contribution in [1.82, 2.24) is 9.13 Å². The molecule has 0 spiro atoms. The van der Waals surface area contributed by atoms with Crippen LogP contribution < -0.4 is 31.1 Å². The molecule has 6 heteroatoms. The van der Waals surface area contributed by atoms with E-state index < -0.39 is 0 Å². The van der Waals surface area contributed by atoms with E-state index in [0.717, 1.165) is 79.3 Å². The molecule has 5 nitrogen and oxygen atoms in total. The van der Waals surface area contributed by atoms with Gasteiger partial charge in [0.15, 0.2) is 0 Å². The summed E-state index contributed by atoms with van der Waals surface area (Å²) in [6, 6.07) is 121. The van der Waals surface area contributed by atoms with E-state index in [1.165, 1.54) is 93.4 Å². The summed E-state index contributed by atoms with van der Waals surface area (Å²) in [4.78, 5) is 7.83. The molecule has 0 radical (unpaired) electrons. The highest BCUT2D eigenvalue weighted by Crippen LogP contribution is 2.55. The molecule has 2 aliphatic heterocycles. The molecule has 16 aromatic rings. The van der Waals surface area contributed by atoms with Crippen LogP contribution in [0.5, 0.6) is 0 Å². The number of para-hydroxylation sites is 5. The van der Waals surface area contributed by atoms with Gasteiger partial charge in [0, 0.05) is 89.4 Å². The lowest BCUT2D eigenvalue weighted by atomic mass is 9.33. The van der Waals surface area contributed by atoms with Crippen molar-refractivity contribution in [3.05, 3.63) is 338 Å². The van der Waals surface area contributed by atoms with Gasteiger partial charge in [-0.2, -0.15) is 0 Å². The lowest BCUT2D eigenvalue weighted by Gasteiger charge is -2.46. The van der Waals surface area contributed by atoms with Gasteiger partial charge in [0.1, 0.15) is 0 Å². The molecule has 0 bridgehead atoms. The Morgan fingerprint density at radius 3 is 1.13 bits per heavy atom. The van der Waals surface area contributed by atoms with Crippen LogP contribution in [0.4, 0.5) is 51.2 Å². The van der Waals surface area contributed by atoms with Crippen molar-refractivity contribution < 1.29 is 0 Å². The second kappa shape index (κ2) is 23.9. The number of nitrogens with zero attached hydrogens (tertiary/aromatic N) is 5. The molecule has 18 rings (SSSR count). The molecule has 2 aliphatic rings. The quantitative estimate of drug-likeness (QED) is 0.127. The van der Waals surface area contributed by atoms with E-state index in [1.807, 2.05) is 0 Å². The van der Waals surface area contributed by atoms with E-state index in [1.54, 1.807) is 0 Å². The number of aromatic nitrogens is 2. The van der Waals surface area contributed by atoms with Crippen LogP contribution in [0.3, 0.4) is 0 Å². The molecule has 0 amide bonds. The van der Waals surface area contributed by atoms with Gasteiger partial charge in [-0.1, -0.05) is 263 Å². The SMILES string of the molecule is CC(C)(C)c1ccc(N2c3cc(N(c4ccccc4)c4ccc(-n5c6ccccc6c6ccccc65)cc4)ccc3B3c4ccc(-n5c6ccccc6c6ccccc65)cc4N(c4c(-c5ccccc5)cc(C(C)(C)C)cc4-c4ccccc4)c4cc(C(C)(C)C)cc2c43)c(-c2ccccc2)c1. The zero-order valence-electron chi connectivity index (χ0n) is 59.4. The summed E-state index contributed by atoms with van der Waals surface area (Å²) in [5, 5.41) is 4.95. The Balaban J connectivity index is 0.958. The van der Waals surface area contributed by atoms with Crippen LogP contribution in [0, 0.1) is 0 Å². The number of fused-ring (bicyclic) bond motifs is 10. The Morgan fingerprint density at radius 1 is 0.265 bits per heavy atom. The molecule has 102 heavy (non-hydrogen) atoms. The van der Waals surface area contributed by atoms with Crippen molar-refractivity contribution in [3.8, 4) is 44.8 Å². The fourth-order valence-corrected chi connectivity index (χ4v) is 16.4. The van der Waals surface area contributed by atoms with Crippen molar-refractivity contribution in [3.63, 3.8) is 0 Å². The molecule has 0 N–H and O–H groups in total. The largest absolute Gasteiger partial charge is 0.311 e. The van der Waals surface area contributed by atoms with E-state index in [-0.39, 0.29) is 23.0 Å². The topological polar surface area (TPSA) is 19.6 Å². The van der Waals surface area contributed by atoms with Crippen molar-refractivity contribution in [1.29, 1.82) is 0 Å². The van der Waals surface area contributed by atoms with E-state index in [0.29, 0.717) is 0 Å². The van der Waals surface area contributed by atoms with Gasteiger partial charge in [-0.05, 0) is 187 Å². The second-order valence-electron chi connectivity index (χ2n) is 30.9. The highest BCUT2D eigenvalue weighted by atomic mass is 15.2. The predicted octanol–water partition coefficient (Wildman–Crippen LogP) is 24.3. The van der Waals surface area contributed by atoms with Gasteiger partial charge in [-0.25, -0.2) is 0 Å². The summed E-state index contributed by atoms with van der Waals surface area (Å²) >= 11 is 0. The fraction of sp³-hybridized carbons (Fsp3) is 0.125. The van der Waals surface area contributed by atoms with Crippen molar-refractivity contribution in [2.24, 2.45) is 0 Å². The molecule has 0 fully saturated rings. The number of hydrogen-bond donors (Lipinski definition) is 0. The minimum absolute atomic E-state index is 0.128. The van der Waals surface area contributed by atoms with Crippen LogP contribution in [0.15, 0.2) is 322 Å². The van der Waals surface area contributed by atoms with Crippen LogP contribution in [-0.4, -0.2) is 15.8 Å². The summed E-state index contributed by atoms with van der Waals surface area (Å²) in [5.74, 6) is 0. The zero-order valence-corrected chi connectivity index (χ0v) is 59.4. The monoisotopic (exact) mass is 1310 g/mol. The summed E-state index contributed by atoms with van der Waals surface area (Å²) in [6.45, 7) is 21.0. The molecule has 0 unspecified atom stereocenters. The molecule has 4 heterocycles. The van der Waals surface area contributed by atoms with Gasteiger partial charge in [0.2, 0.25) is 0 Å². The number of rotatable bonds is 10. The first kappa shape index (κ1) is 62.4. The van der Waals surface area contributed by atoms with Crippen LogP contribution in [0.2, 0.25) is 0 Å². The molecule has 14 aromatic carbocycles. The van der Waals surface area contributed by atoms with E-state index >= 15 is 0 Å². The maximum atomic E-state index is 2.72. The fourth-order valence-electron chi connectivity index (χ4n) is 16.4. The van der Waals surface area contributed by atoms with Gasteiger partial charge < -0.3 is 23.8 Å². The molecular formula is C96H80BN5. The van der Waals surface area contributed by atoms with E-state index in [4.69, 9.17) is 0 Å². The zero-order chi connectivity index (χ0) is 69.3. The van der Waals surface area contributed by atoms with Crippen LogP contribution in [0.25, 0.3) is 88.4 Å². The minimum Gasteiger partial charge on any atom is -0.311 e. The third-order valence-corrected chi connectivity index (χ3v) is 21.5. The van der Waals surface area contributed by atoms with Crippen LogP contribution in [-0.2, 0) is 16.2 Å². The van der Waals surface area contributed by atoms with Crippen molar-refractivity contribution in [2.75, 3.05) is 14.7 Å². The van der Waals surface area contributed by atoms with E-state index in [2.05, 4.69) is 408 Å². The van der Waals surface area contributed by atoms with Crippen LogP contribution in [0.1, 0.15) is 79.0 Å². The first-order valence-electron chi connectivity index (χ1n) is 36.0. The minimum atomic E-state index is -0.306. The van der Waals surface area contributed by atoms with Gasteiger partial charge in [0.05, 0.1) is 33.4 Å². The second-order valence-corrected chi connectivity index (χ2v) is 30.9. The summed E-state index contributed by atoms with van der Waals surface area (Å²) in [6.07, 6.45) is 0.